The van der Waals surface area contributed by atoms with Crippen LogP contribution in [0.15, 0.2) is 42.5 Å². The van der Waals surface area contributed by atoms with Crippen molar-refractivity contribution < 1.29 is 14.3 Å². The molecule has 0 aliphatic heterocycles. The van der Waals surface area contributed by atoms with Gasteiger partial charge in [0.1, 0.15) is 5.52 Å². The van der Waals surface area contributed by atoms with Crippen molar-refractivity contribution in [3.8, 4) is 0 Å². The highest BCUT2D eigenvalue weighted by atomic mass is 16.5. The number of amides is 1. The van der Waals surface area contributed by atoms with E-state index in [0.29, 0.717) is 22.4 Å². The number of para-hydroxylation sites is 1. The third kappa shape index (κ3) is 2.65. The van der Waals surface area contributed by atoms with Crippen molar-refractivity contribution >= 4 is 50.7 Å². The quantitative estimate of drug-likeness (QED) is 0.434. The topological polar surface area (TPSA) is 97.0 Å². The number of nitrogens with one attached hydrogen (secondary N) is 2. The highest BCUT2D eigenvalue weighted by molar-refractivity contribution is 6.37. The number of carbonyl (C=O) groups excluding carboxylic acids is 2. The van der Waals surface area contributed by atoms with Crippen LogP contribution >= 0.6 is 0 Å². The second kappa shape index (κ2) is 5.86. The molecule has 0 spiro atoms. The first-order valence-electron chi connectivity index (χ1n) is 7.82. The molecule has 0 aliphatic carbocycles. The second-order valence-electron chi connectivity index (χ2n) is 5.47. The Bertz CT molecular complexity index is 1130. The van der Waals surface area contributed by atoms with Crippen LogP contribution in [0, 0.1) is 0 Å². The van der Waals surface area contributed by atoms with Crippen LogP contribution in [-0.2, 0) is 14.3 Å². The van der Waals surface area contributed by atoms with Gasteiger partial charge in [-0.05, 0) is 31.2 Å². The molecule has 2 heterocycles. The SMILES string of the molecule is CCOC(=O)C(=O)Nc1ccc2nc3[nH]c4ccccc4c3nc2c1. The first-order valence-corrected chi connectivity index (χ1v) is 7.82. The maximum Gasteiger partial charge on any atom is 0.397 e. The van der Waals surface area contributed by atoms with Gasteiger partial charge in [-0.3, -0.25) is 4.79 Å². The van der Waals surface area contributed by atoms with Crippen LogP contribution in [0.5, 0.6) is 0 Å². The number of hydrogen-bond donors (Lipinski definition) is 2. The second-order valence-corrected chi connectivity index (χ2v) is 5.47. The van der Waals surface area contributed by atoms with Crippen LogP contribution in [0.1, 0.15) is 6.92 Å². The maximum atomic E-state index is 11.8. The minimum atomic E-state index is -0.916. The summed E-state index contributed by atoms with van der Waals surface area (Å²) in [5.74, 6) is -1.73. The number of aromatic nitrogens is 3. The van der Waals surface area contributed by atoms with E-state index < -0.39 is 11.9 Å². The Kier molecular flexibility index (Phi) is 3.53. The van der Waals surface area contributed by atoms with E-state index in [1.165, 1.54) is 0 Å². The summed E-state index contributed by atoms with van der Waals surface area (Å²) in [5.41, 5.74) is 4.20. The number of fused-ring (bicyclic) bond motifs is 4. The minimum Gasteiger partial charge on any atom is -0.459 e. The van der Waals surface area contributed by atoms with E-state index in [1.54, 1.807) is 25.1 Å². The molecule has 2 N–H and O–H groups in total. The summed E-state index contributed by atoms with van der Waals surface area (Å²) in [5, 5.41) is 3.49. The molecule has 4 rings (SSSR count). The molecule has 0 unspecified atom stereocenters. The van der Waals surface area contributed by atoms with Crippen molar-refractivity contribution in [1.29, 1.82) is 0 Å². The van der Waals surface area contributed by atoms with E-state index in [2.05, 4.69) is 25.0 Å². The Labute approximate surface area is 142 Å². The lowest BCUT2D eigenvalue weighted by molar-refractivity contribution is -0.152. The van der Waals surface area contributed by atoms with Crippen LogP contribution in [-0.4, -0.2) is 33.4 Å². The normalized spacial score (nSPS) is 11.1. The summed E-state index contributed by atoms with van der Waals surface area (Å²) in [7, 11) is 0. The van der Waals surface area contributed by atoms with Crippen molar-refractivity contribution in [3.63, 3.8) is 0 Å². The average molecular weight is 334 g/mol. The van der Waals surface area contributed by atoms with Crippen molar-refractivity contribution in [2.45, 2.75) is 6.92 Å². The molecule has 0 saturated carbocycles. The van der Waals surface area contributed by atoms with Gasteiger partial charge in [-0.15, -0.1) is 0 Å². The summed E-state index contributed by atoms with van der Waals surface area (Å²) in [6.07, 6.45) is 0. The largest absolute Gasteiger partial charge is 0.459 e. The average Bonchev–Trinajstić information content (AvgIpc) is 2.97. The van der Waals surface area contributed by atoms with Crippen LogP contribution in [0.2, 0.25) is 0 Å². The fourth-order valence-corrected chi connectivity index (χ4v) is 2.71. The van der Waals surface area contributed by atoms with Gasteiger partial charge >= 0.3 is 11.9 Å². The summed E-state index contributed by atoms with van der Waals surface area (Å²) < 4.78 is 4.68. The Morgan fingerprint density at radius 2 is 1.96 bits per heavy atom. The zero-order valence-electron chi connectivity index (χ0n) is 13.4. The molecule has 124 valence electrons. The lowest BCUT2D eigenvalue weighted by atomic mass is 10.2. The first-order chi connectivity index (χ1) is 12.2. The molecule has 1 amide bonds. The summed E-state index contributed by atoms with van der Waals surface area (Å²) >= 11 is 0. The lowest BCUT2D eigenvalue weighted by Crippen LogP contribution is -2.24. The fraction of sp³-hybridized carbons (Fsp3) is 0.111. The van der Waals surface area contributed by atoms with Gasteiger partial charge in [-0.2, -0.15) is 0 Å². The van der Waals surface area contributed by atoms with E-state index in [0.717, 1.165) is 16.4 Å². The molecular formula is C18H14N4O3. The minimum absolute atomic E-state index is 0.147. The van der Waals surface area contributed by atoms with Crippen LogP contribution in [0.25, 0.3) is 33.1 Å². The molecule has 0 saturated heterocycles. The van der Waals surface area contributed by atoms with Crippen LogP contribution < -0.4 is 5.32 Å². The van der Waals surface area contributed by atoms with Gasteiger partial charge in [0.05, 0.1) is 17.6 Å². The van der Waals surface area contributed by atoms with Crippen LogP contribution in [0.4, 0.5) is 5.69 Å². The van der Waals surface area contributed by atoms with Crippen molar-refractivity contribution in [3.05, 3.63) is 42.5 Å². The van der Waals surface area contributed by atoms with E-state index >= 15 is 0 Å². The fourth-order valence-electron chi connectivity index (χ4n) is 2.71. The number of H-pyrrole nitrogens is 1. The molecule has 0 atom stereocenters. The molecule has 0 fully saturated rings. The molecule has 7 heteroatoms. The number of ether oxygens (including phenoxy) is 1. The Morgan fingerprint density at radius 3 is 2.80 bits per heavy atom. The Balaban J connectivity index is 1.76. The standard InChI is InChI=1S/C18H14N4O3/c1-2-25-18(24)17(23)19-10-7-8-13-14(9-10)20-15-11-5-3-4-6-12(11)21-16(15)22-13/h3-9H,2H2,1H3,(H,19,23)(H,21,22). The van der Waals surface area contributed by atoms with Crippen molar-refractivity contribution in [1.82, 2.24) is 15.0 Å². The predicted molar refractivity (Wildman–Crippen MR) is 94.2 cm³/mol. The molecule has 7 nitrogen and oxygen atoms in total. The van der Waals surface area contributed by atoms with Gasteiger partial charge in [0.2, 0.25) is 0 Å². The van der Waals surface area contributed by atoms with Crippen LogP contribution in [0.3, 0.4) is 0 Å². The van der Waals surface area contributed by atoms with Gasteiger partial charge in [-0.1, -0.05) is 18.2 Å². The number of carbonyl (C=O) groups is 2. The van der Waals surface area contributed by atoms with E-state index in [-0.39, 0.29) is 6.61 Å². The van der Waals surface area contributed by atoms with Gasteiger partial charge in [0.15, 0.2) is 5.65 Å². The third-order valence-electron chi connectivity index (χ3n) is 3.82. The number of aromatic amines is 1. The summed E-state index contributed by atoms with van der Waals surface area (Å²) in [4.78, 5) is 35.7. The molecule has 25 heavy (non-hydrogen) atoms. The predicted octanol–water partition coefficient (Wildman–Crippen LogP) is 2.77. The molecule has 0 bridgehead atoms. The van der Waals surface area contributed by atoms with Gasteiger partial charge < -0.3 is 15.0 Å². The highest BCUT2D eigenvalue weighted by Gasteiger charge is 2.15. The van der Waals surface area contributed by atoms with E-state index in [9.17, 15) is 9.59 Å². The first kappa shape index (κ1) is 15.1. The van der Waals surface area contributed by atoms with E-state index in [4.69, 9.17) is 0 Å². The number of hydrogen-bond acceptors (Lipinski definition) is 5. The third-order valence-corrected chi connectivity index (χ3v) is 3.82. The molecule has 2 aromatic heterocycles. The monoisotopic (exact) mass is 334 g/mol. The molecule has 0 radical (unpaired) electrons. The molecule has 4 aromatic rings. The Hall–Kier alpha value is -3.48. The smallest absolute Gasteiger partial charge is 0.397 e. The summed E-state index contributed by atoms with van der Waals surface area (Å²) in [6.45, 7) is 1.79. The maximum absolute atomic E-state index is 11.8. The zero-order chi connectivity index (χ0) is 17.4. The zero-order valence-corrected chi connectivity index (χ0v) is 13.4. The lowest BCUT2D eigenvalue weighted by Gasteiger charge is -2.05. The van der Waals surface area contributed by atoms with Crippen molar-refractivity contribution in [2.24, 2.45) is 0 Å². The van der Waals surface area contributed by atoms with Gasteiger partial charge in [-0.25, -0.2) is 14.8 Å². The molecular weight excluding hydrogens is 320 g/mol. The van der Waals surface area contributed by atoms with Gasteiger partial charge in [0, 0.05) is 16.6 Å². The number of rotatable bonds is 2. The molecule has 0 aliphatic rings. The van der Waals surface area contributed by atoms with E-state index in [1.807, 2.05) is 24.3 Å². The number of anilines is 1. The van der Waals surface area contributed by atoms with Gasteiger partial charge in [0.25, 0.3) is 0 Å². The number of esters is 1. The number of nitrogens with zero attached hydrogens (tertiary/aromatic N) is 2. The molecule has 2 aromatic carbocycles. The highest BCUT2D eigenvalue weighted by Crippen LogP contribution is 2.25. The number of benzene rings is 2. The Morgan fingerprint density at radius 1 is 1.12 bits per heavy atom. The summed E-state index contributed by atoms with van der Waals surface area (Å²) in [6, 6.07) is 12.9. The van der Waals surface area contributed by atoms with Crippen molar-refractivity contribution in [2.75, 3.05) is 11.9 Å².